The van der Waals surface area contributed by atoms with Gasteiger partial charge in [-0.05, 0) is 24.3 Å². The maximum atomic E-state index is 11.8. The van der Waals surface area contributed by atoms with Crippen LogP contribution >= 0.6 is 0 Å². The Morgan fingerprint density at radius 1 is 0.944 bits per heavy atom. The first kappa shape index (κ1) is 11.8. The Labute approximate surface area is 103 Å². The normalized spacial score (nSPS) is 10.0. The monoisotopic (exact) mass is 245 g/mol. The van der Waals surface area contributed by atoms with Crippen molar-refractivity contribution in [2.24, 2.45) is 0 Å². The summed E-state index contributed by atoms with van der Waals surface area (Å²) in [6.45, 7) is 0. The van der Waals surface area contributed by atoms with Gasteiger partial charge in [-0.1, -0.05) is 12.1 Å². The van der Waals surface area contributed by atoms with Crippen molar-refractivity contribution in [1.82, 2.24) is 0 Å². The lowest BCUT2D eigenvalue weighted by atomic mass is 10.1. The average Bonchev–Trinajstić information content (AvgIpc) is 2.32. The number of nitrogens with one attached hydrogen (secondary N) is 1. The largest absolute Gasteiger partial charge is 0.508 e. The number of amides is 1. The molecule has 0 aromatic heterocycles. The molecule has 0 spiro atoms. The topological polar surface area (TPSA) is 89.8 Å². The van der Waals surface area contributed by atoms with Crippen molar-refractivity contribution in [1.29, 1.82) is 0 Å². The van der Waals surface area contributed by atoms with Crippen molar-refractivity contribution in [2.75, 3.05) is 5.32 Å². The molecule has 0 saturated carbocycles. The molecule has 1 amide bonds. The predicted octanol–water partition coefficient (Wildman–Crippen LogP) is 2.06. The number of hydrogen-bond donors (Lipinski definition) is 4. The Morgan fingerprint density at radius 3 is 2.33 bits per heavy atom. The maximum absolute atomic E-state index is 11.8. The van der Waals surface area contributed by atoms with Gasteiger partial charge in [-0.2, -0.15) is 0 Å². The van der Waals surface area contributed by atoms with E-state index in [1.165, 1.54) is 24.3 Å². The third kappa shape index (κ3) is 2.35. The molecule has 0 aliphatic heterocycles. The smallest absolute Gasteiger partial charge is 0.259 e. The number of hydrogen-bond acceptors (Lipinski definition) is 4. The second-order valence-electron chi connectivity index (χ2n) is 3.67. The number of para-hydroxylation sites is 2. The number of phenolic OH excluding ortho intramolecular Hbond substituents is 3. The van der Waals surface area contributed by atoms with E-state index >= 15 is 0 Å². The van der Waals surface area contributed by atoms with Crippen LogP contribution in [-0.4, -0.2) is 21.2 Å². The Kier molecular flexibility index (Phi) is 3.05. The molecule has 5 heteroatoms. The van der Waals surface area contributed by atoms with E-state index in [2.05, 4.69) is 5.32 Å². The summed E-state index contributed by atoms with van der Waals surface area (Å²) in [5.41, 5.74) is 0.256. The molecule has 2 rings (SSSR count). The maximum Gasteiger partial charge on any atom is 0.259 e. The molecule has 0 atom stereocenters. The van der Waals surface area contributed by atoms with E-state index in [0.717, 1.165) is 6.07 Å². The zero-order valence-corrected chi connectivity index (χ0v) is 9.29. The molecule has 0 aliphatic rings. The predicted molar refractivity (Wildman–Crippen MR) is 65.8 cm³/mol. The molecule has 5 nitrogen and oxygen atoms in total. The fraction of sp³-hybridized carbons (Fsp3) is 0. The quantitative estimate of drug-likeness (QED) is 0.609. The van der Waals surface area contributed by atoms with Crippen LogP contribution in [0.5, 0.6) is 17.2 Å². The van der Waals surface area contributed by atoms with Gasteiger partial charge in [0, 0.05) is 6.07 Å². The fourth-order valence-corrected chi connectivity index (χ4v) is 1.48. The summed E-state index contributed by atoms with van der Waals surface area (Å²) >= 11 is 0. The Bertz CT molecular complexity index is 595. The number of phenols is 3. The third-order valence-electron chi connectivity index (χ3n) is 2.38. The lowest BCUT2D eigenvalue weighted by Gasteiger charge is -2.08. The first-order chi connectivity index (χ1) is 8.58. The molecular weight excluding hydrogens is 234 g/mol. The second-order valence-corrected chi connectivity index (χ2v) is 3.67. The first-order valence-corrected chi connectivity index (χ1v) is 5.19. The number of rotatable bonds is 2. The Hall–Kier alpha value is -2.69. The number of carbonyl (C=O) groups excluding carboxylic acids is 1. The molecule has 2 aromatic carbocycles. The summed E-state index contributed by atoms with van der Waals surface area (Å²) in [6, 6.07) is 9.91. The van der Waals surface area contributed by atoms with Gasteiger partial charge < -0.3 is 20.6 Å². The number of aromatic hydroxyl groups is 3. The van der Waals surface area contributed by atoms with Gasteiger partial charge in [0.1, 0.15) is 17.2 Å². The highest BCUT2D eigenvalue weighted by atomic mass is 16.3. The lowest BCUT2D eigenvalue weighted by Crippen LogP contribution is -2.12. The molecule has 0 fully saturated rings. The average molecular weight is 245 g/mol. The van der Waals surface area contributed by atoms with Crippen LogP contribution in [0, 0.1) is 0 Å². The van der Waals surface area contributed by atoms with E-state index in [1.807, 2.05) is 0 Å². The molecule has 0 radical (unpaired) electrons. The van der Waals surface area contributed by atoms with Crippen LogP contribution in [0.1, 0.15) is 10.4 Å². The SMILES string of the molecule is O=C(Nc1ccccc1O)c1ccc(O)cc1O. The fourth-order valence-electron chi connectivity index (χ4n) is 1.48. The first-order valence-electron chi connectivity index (χ1n) is 5.19. The van der Waals surface area contributed by atoms with Gasteiger partial charge in [-0.15, -0.1) is 0 Å². The molecule has 0 unspecified atom stereocenters. The van der Waals surface area contributed by atoms with E-state index in [-0.39, 0.29) is 28.5 Å². The summed E-state index contributed by atoms with van der Waals surface area (Å²) in [5, 5.41) is 30.6. The highest BCUT2D eigenvalue weighted by Crippen LogP contribution is 2.26. The van der Waals surface area contributed by atoms with Gasteiger partial charge in [0.15, 0.2) is 0 Å². The molecule has 0 aliphatic carbocycles. The Balaban J connectivity index is 2.25. The molecule has 0 bridgehead atoms. The van der Waals surface area contributed by atoms with Crippen LogP contribution in [0.2, 0.25) is 0 Å². The molecule has 18 heavy (non-hydrogen) atoms. The summed E-state index contributed by atoms with van der Waals surface area (Å²) in [4.78, 5) is 11.8. The van der Waals surface area contributed by atoms with E-state index in [4.69, 9.17) is 5.11 Å². The van der Waals surface area contributed by atoms with Gasteiger partial charge in [0.05, 0.1) is 11.3 Å². The molecule has 92 valence electrons. The van der Waals surface area contributed by atoms with E-state index in [1.54, 1.807) is 12.1 Å². The summed E-state index contributed by atoms with van der Waals surface area (Å²) in [5.74, 6) is -1.10. The van der Waals surface area contributed by atoms with Crippen molar-refractivity contribution in [3.63, 3.8) is 0 Å². The van der Waals surface area contributed by atoms with Crippen molar-refractivity contribution in [3.8, 4) is 17.2 Å². The van der Waals surface area contributed by atoms with Crippen LogP contribution in [0.25, 0.3) is 0 Å². The summed E-state index contributed by atoms with van der Waals surface area (Å²) < 4.78 is 0. The minimum atomic E-state index is -0.575. The van der Waals surface area contributed by atoms with Crippen LogP contribution < -0.4 is 5.32 Å². The highest BCUT2D eigenvalue weighted by molar-refractivity contribution is 6.06. The zero-order chi connectivity index (χ0) is 13.1. The third-order valence-corrected chi connectivity index (χ3v) is 2.38. The van der Waals surface area contributed by atoms with Crippen molar-refractivity contribution >= 4 is 11.6 Å². The van der Waals surface area contributed by atoms with E-state index in [9.17, 15) is 15.0 Å². The molecule has 0 heterocycles. The molecule has 0 saturated heterocycles. The minimum Gasteiger partial charge on any atom is -0.508 e. The zero-order valence-electron chi connectivity index (χ0n) is 9.29. The van der Waals surface area contributed by atoms with Crippen molar-refractivity contribution in [2.45, 2.75) is 0 Å². The van der Waals surface area contributed by atoms with Crippen molar-refractivity contribution in [3.05, 3.63) is 48.0 Å². The van der Waals surface area contributed by atoms with Gasteiger partial charge in [0.2, 0.25) is 0 Å². The number of carbonyl (C=O) groups is 1. The van der Waals surface area contributed by atoms with Crippen LogP contribution in [0.4, 0.5) is 5.69 Å². The van der Waals surface area contributed by atoms with Gasteiger partial charge >= 0.3 is 0 Å². The van der Waals surface area contributed by atoms with Crippen LogP contribution in [-0.2, 0) is 0 Å². The standard InChI is InChI=1S/C13H11NO4/c15-8-5-6-9(12(17)7-8)13(18)14-10-3-1-2-4-11(10)16/h1-7,15-17H,(H,14,18). The van der Waals surface area contributed by atoms with Gasteiger partial charge in [0.25, 0.3) is 5.91 Å². The Morgan fingerprint density at radius 2 is 1.67 bits per heavy atom. The van der Waals surface area contributed by atoms with Crippen LogP contribution in [0.3, 0.4) is 0 Å². The summed E-state index contributed by atoms with van der Waals surface area (Å²) in [7, 11) is 0. The van der Waals surface area contributed by atoms with Crippen molar-refractivity contribution < 1.29 is 20.1 Å². The number of anilines is 1. The van der Waals surface area contributed by atoms with Gasteiger partial charge in [-0.25, -0.2) is 0 Å². The second kappa shape index (κ2) is 4.67. The van der Waals surface area contributed by atoms with Crippen LogP contribution in [0.15, 0.2) is 42.5 Å². The van der Waals surface area contributed by atoms with E-state index < -0.39 is 5.91 Å². The molecule has 4 N–H and O–H groups in total. The minimum absolute atomic E-state index is 0.0102. The summed E-state index contributed by atoms with van der Waals surface area (Å²) in [6.07, 6.45) is 0. The van der Waals surface area contributed by atoms with Gasteiger partial charge in [-0.3, -0.25) is 4.79 Å². The molecular formula is C13H11NO4. The van der Waals surface area contributed by atoms with E-state index in [0.29, 0.717) is 0 Å². The molecule has 2 aromatic rings. The lowest BCUT2D eigenvalue weighted by molar-refractivity contribution is 0.102. The highest BCUT2D eigenvalue weighted by Gasteiger charge is 2.13. The number of benzene rings is 2.